The van der Waals surface area contributed by atoms with E-state index in [1.807, 2.05) is 38.4 Å². The Bertz CT molecular complexity index is 472. The van der Waals surface area contributed by atoms with Crippen LogP contribution in [0, 0.1) is 0 Å². The van der Waals surface area contributed by atoms with Crippen LogP contribution in [0.25, 0.3) is 0 Å². The molecule has 2 aromatic carbocycles. The largest absolute Gasteiger partial charge is 0.508 e. The van der Waals surface area contributed by atoms with E-state index in [2.05, 4.69) is 4.90 Å². The fourth-order valence-corrected chi connectivity index (χ4v) is 2.18. The van der Waals surface area contributed by atoms with Gasteiger partial charge in [0.1, 0.15) is 11.5 Å². The van der Waals surface area contributed by atoms with Crippen LogP contribution in [0.3, 0.4) is 0 Å². The number of likely N-dealkylation sites (N-methyl/N-ethyl adjacent to an activating group) is 1. The Morgan fingerprint density at radius 1 is 0.789 bits per heavy atom. The summed E-state index contributed by atoms with van der Waals surface area (Å²) >= 11 is 0. The van der Waals surface area contributed by atoms with E-state index in [4.69, 9.17) is 0 Å². The summed E-state index contributed by atoms with van der Waals surface area (Å²) in [6.45, 7) is 0.871. The quantitative estimate of drug-likeness (QED) is 0.885. The van der Waals surface area contributed by atoms with Crippen LogP contribution >= 0.6 is 0 Å². The van der Waals surface area contributed by atoms with Crippen molar-refractivity contribution in [2.24, 2.45) is 0 Å². The molecular weight excluding hydrogens is 238 g/mol. The van der Waals surface area contributed by atoms with Gasteiger partial charge < -0.3 is 15.1 Å². The Morgan fingerprint density at radius 2 is 1.16 bits per heavy atom. The molecule has 2 rings (SSSR count). The highest BCUT2D eigenvalue weighted by molar-refractivity contribution is 5.38. The van der Waals surface area contributed by atoms with Crippen LogP contribution in [0.2, 0.25) is 0 Å². The lowest BCUT2D eigenvalue weighted by Gasteiger charge is -2.22. The Labute approximate surface area is 113 Å². The molecule has 0 aliphatic carbocycles. The molecule has 2 aromatic rings. The SMILES string of the molecule is CN(C)CC(c1ccc(O)cc1)c1ccc(O)cc1. The zero-order valence-electron chi connectivity index (χ0n) is 11.2. The Kier molecular flexibility index (Phi) is 4.07. The number of phenols is 2. The van der Waals surface area contributed by atoms with Gasteiger partial charge in [0.2, 0.25) is 0 Å². The average Bonchev–Trinajstić information content (AvgIpc) is 2.38. The summed E-state index contributed by atoms with van der Waals surface area (Å²) < 4.78 is 0. The maximum atomic E-state index is 9.38. The zero-order valence-corrected chi connectivity index (χ0v) is 11.2. The third kappa shape index (κ3) is 3.48. The van der Waals surface area contributed by atoms with Crippen molar-refractivity contribution < 1.29 is 10.2 Å². The van der Waals surface area contributed by atoms with Crippen molar-refractivity contribution in [3.8, 4) is 11.5 Å². The van der Waals surface area contributed by atoms with Gasteiger partial charge in [0.25, 0.3) is 0 Å². The standard InChI is InChI=1S/C16H19NO2/c1-17(2)11-16(12-3-7-14(18)8-4-12)13-5-9-15(19)10-6-13/h3-10,16,18-19H,11H2,1-2H3. The van der Waals surface area contributed by atoms with Gasteiger partial charge in [-0.25, -0.2) is 0 Å². The molecule has 0 heterocycles. The lowest BCUT2D eigenvalue weighted by molar-refractivity contribution is 0.391. The monoisotopic (exact) mass is 257 g/mol. The Morgan fingerprint density at radius 3 is 1.47 bits per heavy atom. The number of nitrogens with zero attached hydrogens (tertiary/aromatic N) is 1. The van der Waals surface area contributed by atoms with Crippen LogP contribution in [0.5, 0.6) is 11.5 Å². The minimum absolute atomic E-state index is 0.219. The highest BCUT2D eigenvalue weighted by Crippen LogP contribution is 2.27. The first-order valence-electron chi connectivity index (χ1n) is 6.29. The van der Waals surface area contributed by atoms with Crippen molar-refractivity contribution in [3.63, 3.8) is 0 Å². The van der Waals surface area contributed by atoms with E-state index >= 15 is 0 Å². The van der Waals surface area contributed by atoms with Crippen molar-refractivity contribution in [1.82, 2.24) is 4.90 Å². The fourth-order valence-electron chi connectivity index (χ4n) is 2.18. The molecule has 0 fully saturated rings. The topological polar surface area (TPSA) is 43.7 Å². The second-order valence-corrected chi connectivity index (χ2v) is 5.00. The van der Waals surface area contributed by atoms with Gasteiger partial charge in [-0.1, -0.05) is 24.3 Å². The summed E-state index contributed by atoms with van der Waals surface area (Å²) in [6, 6.07) is 14.6. The second kappa shape index (κ2) is 5.76. The molecule has 0 bridgehead atoms. The summed E-state index contributed by atoms with van der Waals surface area (Å²) in [5.41, 5.74) is 2.30. The molecule has 0 atom stereocenters. The van der Waals surface area contributed by atoms with Crippen molar-refractivity contribution in [3.05, 3.63) is 59.7 Å². The Hall–Kier alpha value is -2.00. The van der Waals surface area contributed by atoms with Gasteiger partial charge in [-0.2, -0.15) is 0 Å². The van der Waals surface area contributed by atoms with E-state index in [1.165, 1.54) is 0 Å². The number of hydrogen-bond acceptors (Lipinski definition) is 3. The van der Waals surface area contributed by atoms with E-state index in [1.54, 1.807) is 24.3 Å². The Balaban J connectivity index is 2.35. The third-order valence-corrected chi connectivity index (χ3v) is 3.14. The fraction of sp³-hybridized carbons (Fsp3) is 0.250. The summed E-state index contributed by atoms with van der Waals surface area (Å²) in [4.78, 5) is 2.13. The molecule has 100 valence electrons. The van der Waals surface area contributed by atoms with Gasteiger partial charge in [-0.15, -0.1) is 0 Å². The molecule has 0 spiro atoms. The van der Waals surface area contributed by atoms with Gasteiger partial charge in [0.15, 0.2) is 0 Å². The zero-order chi connectivity index (χ0) is 13.8. The molecule has 0 aliphatic heterocycles. The maximum absolute atomic E-state index is 9.38. The van der Waals surface area contributed by atoms with Crippen LogP contribution in [0.15, 0.2) is 48.5 Å². The van der Waals surface area contributed by atoms with Crippen LogP contribution < -0.4 is 0 Å². The molecule has 0 aliphatic rings. The molecule has 0 amide bonds. The van der Waals surface area contributed by atoms with Gasteiger partial charge in [0, 0.05) is 12.5 Å². The van der Waals surface area contributed by atoms with Crippen LogP contribution in [0.1, 0.15) is 17.0 Å². The lowest BCUT2D eigenvalue weighted by atomic mass is 9.91. The minimum atomic E-state index is 0.219. The number of phenolic OH excluding ortho intramolecular Hbond substituents is 2. The van der Waals surface area contributed by atoms with E-state index in [9.17, 15) is 10.2 Å². The molecular formula is C16H19NO2. The van der Waals surface area contributed by atoms with Crippen LogP contribution in [-0.4, -0.2) is 35.8 Å². The van der Waals surface area contributed by atoms with Crippen LogP contribution in [-0.2, 0) is 0 Å². The third-order valence-electron chi connectivity index (χ3n) is 3.14. The molecule has 0 aromatic heterocycles. The number of rotatable bonds is 4. The lowest BCUT2D eigenvalue weighted by Crippen LogP contribution is -2.21. The van der Waals surface area contributed by atoms with E-state index < -0.39 is 0 Å². The van der Waals surface area contributed by atoms with Crippen LogP contribution in [0.4, 0.5) is 0 Å². The predicted octanol–water partition coefficient (Wildman–Crippen LogP) is 2.79. The molecule has 0 saturated heterocycles. The van der Waals surface area contributed by atoms with E-state index in [0.29, 0.717) is 0 Å². The van der Waals surface area contributed by atoms with E-state index in [0.717, 1.165) is 17.7 Å². The first-order chi connectivity index (χ1) is 9.06. The van der Waals surface area contributed by atoms with Crippen molar-refractivity contribution in [2.75, 3.05) is 20.6 Å². The summed E-state index contributed by atoms with van der Waals surface area (Å²) in [7, 11) is 4.07. The molecule has 0 saturated carbocycles. The molecule has 19 heavy (non-hydrogen) atoms. The normalized spacial score (nSPS) is 11.2. The summed E-state index contributed by atoms with van der Waals surface area (Å²) in [5.74, 6) is 0.771. The van der Waals surface area contributed by atoms with Gasteiger partial charge in [-0.05, 0) is 49.5 Å². The molecule has 3 heteroatoms. The summed E-state index contributed by atoms with van der Waals surface area (Å²) in [6.07, 6.45) is 0. The van der Waals surface area contributed by atoms with Gasteiger partial charge in [-0.3, -0.25) is 0 Å². The first-order valence-corrected chi connectivity index (χ1v) is 6.29. The van der Waals surface area contributed by atoms with E-state index in [-0.39, 0.29) is 17.4 Å². The van der Waals surface area contributed by atoms with Gasteiger partial charge in [0.05, 0.1) is 0 Å². The number of benzene rings is 2. The van der Waals surface area contributed by atoms with Crippen molar-refractivity contribution in [2.45, 2.75) is 5.92 Å². The average molecular weight is 257 g/mol. The predicted molar refractivity (Wildman–Crippen MR) is 76.6 cm³/mol. The summed E-state index contributed by atoms with van der Waals surface area (Å²) in [5, 5.41) is 18.8. The second-order valence-electron chi connectivity index (χ2n) is 5.00. The highest BCUT2D eigenvalue weighted by atomic mass is 16.3. The molecule has 2 N–H and O–H groups in total. The van der Waals surface area contributed by atoms with Gasteiger partial charge >= 0.3 is 0 Å². The van der Waals surface area contributed by atoms with Crippen molar-refractivity contribution in [1.29, 1.82) is 0 Å². The first kappa shape index (κ1) is 13.4. The highest BCUT2D eigenvalue weighted by Gasteiger charge is 2.15. The molecule has 0 radical (unpaired) electrons. The molecule has 0 unspecified atom stereocenters. The van der Waals surface area contributed by atoms with Crippen molar-refractivity contribution >= 4 is 0 Å². The molecule has 3 nitrogen and oxygen atoms in total. The minimum Gasteiger partial charge on any atom is -0.508 e. The smallest absolute Gasteiger partial charge is 0.115 e. The maximum Gasteiger partial charge on any atom is 0.115 e. The number of hydrogen-bond donors (Lipinski definition) is 2. The number of aromatic hydroxyl groups is 2.